The third-order valence-corrected chi connectivity index (χ3v) is 4.06. The van der Waals surface area contributed by atoms with Crippen LogP contribution < -0.4 is 10.2 Å². The Kier molecular flexibility index (Phi) is 2.92. The van der Waals surface area contributed by atoms with Crippen molar-refractivity contribution in [1.82, 2.24) is 5.32 Å². The van der Waals surface area contributed by atoms with Crippen LogP contribution in [0, 0.1) is 11.3 Å². The number of carbonyl (C=O) groups is 2. The van der Waals surface area contributed by atoms with E-state index in [2.05, 4.69) is 5.32 Å². The van der Waals surface area contributed by atoms with E-state index in [9.17, 15) is 22.8 Å². The molecule has 3 amide bonds. The minimum absolute atomic E-state index is 0.183. The number of alkyl halides is 3. The van der Waals surface area contributed by atoms with Gasteiger partial charge < -0.3 is 5.32 Å². The molecular formula is C14H10F3N3O2. The quantitative estimate of drug-likeness (QED) is 0.810. The molecule has 1 spiro atoms. The van der Waals surface area contributed by atoms with Crippen molar-refractivity contribution in [3.05, 3.63) is 29.3 Å². The zero-order valence-corrected chi connectivity index (χ0v) is 11.2. The summed E-state index contributed by atoms with van der Waals surface area (Å²) in [6.07, 6.45) is -3.00. The lowest BCUT2D eigenvalue weighted by atomic mass is 9.77. The third-order valence-electron chi connectivity index (χ3n) is 4.06. The Morgan fingerprint density at radius 3 is 2.41 bits per heavy atom. The molecule has 2 aliphatic rings. The van der Waals surface area contributed by atoms with Crippen molar-refractivity contribution in [1.29, 1.82) is 5.26 Å². The predicted octanol–water partition coefficient (Wildman–Crippen LogP) is 2.56. The number of anilines is 1. The Morgan fingerprint density at radius 2 is 1.95 bits per heavy atom. The van der Waals surface area contributed by atoms with Crippen LogP contribution in [-0.2, 0) is 11.0 Å². The summed E-state index contributed by atoms with van der Waals surface area (Å²) >= 11 is 0. The summed E-state index contributed by atoms with van der Waals surface area (Å²) < 4.78 is 38.9. The molecule has 1 aromatic rings. The van der Waals surface area contributed by atoms with Crippen molar-refractivity contribution in [3.8, 4) is 6.07 Å². The van der Waals surface area contributed by atoms with E-state index < -0.39 is 34.8 Å². The number of halogens is 3. The molecule has 1 aliphatic carbocycles. The first-order chi connectivity index (χ1) is 10.3. The molecule has 1 aromatic carbocycles. The summed E-state index contributed by atoms with van der Waals surface area (Å²) in [7, 11) is 0. The first kappa shape index (κ1) is 14.4. The highest BCUT2D eigenvalue weighted by atomic mass is 19.4. The van der Waals surface area contributed by atoms with Gasteiger partial charge in [0, 0.05) is 0 Å². The van der Waals surface area contributed by atoms with E-state index in [0.717, 1.165) is 17.4 Å². The number of nitrogens with one attached hydrogen (secondary N) is 1. The first-order valence-electron chi connectivity index (χ1n) is 6.56. The molecule has 1 heterocycles. The Labute approximate surface area is 123 Å². The third kappa shape index (κ3) is 1.93. The van der Waals surface area contributed by atoms with E-state index in [4.69, 9.17) is 5.26 Å². The normalized spacial score (nSPS) is 19.8. The van der Waals surface area contributed by atoms with Gasteiger partial charge in [0.25, 0.3) is 5.91 Å². The smallest absolute Gasteiger partial charge is 0.323 e. The van der Waals surface area contributed by atoms with Crippen LogP contribution in [0.3, 0.4) is 0 Å². The van der Waals surface area contributed by atoms with E-state index >= 15 is 0 Å². The fraction of sp³-hybridized carbons (Fsp3) is 0.357. The van der Waals surface area contributed by atoms with Crippen LogP contribution in [-0.4, -0.2) is 17.5 Å². The zero-order chi connectivity index (χ0) is 16.1. The summed E-state index contributed by atoms with van der Waals surface area (Å²) in [5.41, 5.74) is -2.87. The summed E-state index contributed by atoms with van der Waals surface area (Å²) in [6, 6.07) is 3.52. The van der Waals surface area contributed by atoms with E-state index in [1.165, 1.54) is 12.1 Å². The summed E-state index contributed by atoms with van der Waals surface area (Å²) in [5.74, 6) is -0.540. The molecule has 3 rings (SSSR count). The van der Waals surface area contributed by atoms with Gasteiger partial charge in [0.05, 0.1) is 22.9 Å². The summed E-state index contributed by atoms with van der Waals surface area (Å²) in [6.45, 7) is 0. The molecule has 5 nitrogen and oxygen atoms in total. The van der Waals surface area contributed by atoms with Crippen molar-refractivity contribution in [2.24, 2.45) is 0 Å². The number of hydrogen-bond donors (Lipinski definition) is 1. The molecule has 1 saturated heterocycles. The molecule has 0 aromatic heterocycles. The zero-order valence-electron chi connectivity index (χ0n) is 11.2. The second-order valence-electron chi connectivity index (χ2n) is 5.35. The minimum atomic E-state index is -4.74. The van der Waals surface area contributed by atoms with Gasteiger partial charge in [-0.3, -0.25) is 4.79 Å². The molecule has 0 atom stereocenters. The van der Waals surface area contributed by atoms with Crippen LogP contribution in [0.2, 0.25) is 0 Å². The Morgan fingerprint density at radius 1 is 1.27 bits per heavy atom. The van der Waals surface area contributed by atoms with Crippen LogP contribution in [0.1, 0.15) is 30.4 Å². The average molecular weight is 309 g/mol. The van der Waals surface area contributed by atoms with Crippen LogP contribution in [0.5, 0.6) is 0 Å². The second-order valence-corrected chi connectivity index (χ2v) is 5.35. The summed E-state index contributed by atoms with van der Waals surface area (Å²) in [4.78, 5) is 25.0. The maximum atomic E-state index is 13.0. The first-order valence-corrected chi connectivity index (χ1v) is 6.56. The van der Waals surface area contributed by atoms with Gasteiger partial charge in [-0.05, 0) is 37.5 Å². The van der Waals surface area contributed by atoms with Crippen LogP contribution >= 0.6 is 0 Å². The van der Waals surface area contributed by atoms with Crippen LogP contribution in [0.4, 0.5) is 23.7 Å². The second kappa shape index (κ2) is 4.47. The largest absolute Gasteiger partial charge is 0.417 e. The van der Waals surface area contributed by atoms with Gasteiger partial charge in [0.15, 0.2) is 0 Å². The van der Waals surface area contributed by atoms with Gasteiger partial charge in [-0.2, -0.15) is 18.4 Å². The van der Waals surface area contributed by atoms with Gasteiger partial charge in [0.2, 0.25) is 0 Å². The molecule has 2 fully saturated rings. The maximum Gasteiger partial charge on any atom is 0.417 e. The highest BCUT2D eigenvalue weighted by molar-refractivity contribution is 6.23. The van der Waals surface area contributed by atoms with Gasteiger partial charge in [0.1, 0.15) is 5.54 Å². The fourth-order valence-corrected chi connectivity index (χ4v) is 2.73. The Balaban J connectivity index is 2.04. The van der Waals surface area contributed by atoms with E-state index in [1.807, 2.05) is 0 Å². The SMILES string of the molecule is N#Cc1ccc(N2C(=O)NC3(CCC3)C2=O)cc1C(F)(F)F. The van der Waals surface area contributed by atoms with E-state index in [0.29, 0.717) is 18.9 Å². The van der Waals surface area contributed by atoms with Crippen molar-refractivity contribution in [3.63, 3.8) is 0 Å². The molecular weight excluding hydrogens is 299 g/mol. The highest BCUT2D eigenvalue weighted by Gasteiger charge is 2.55. The van der Waals surface area contributed by atoms with Crippen molar-refractivity contribution in [2.45, 2.75) is 31.0 Å². The molecule has 114 valence electrons. The standard InChI is InChI=1S/C14H10F3N3O2/c15-14(16,17)10-6-9(3-2-8(10)7-18)20-11(21)13(4-1-5-13)19-12(20)22/h2-3,6H,1,4-5H2,(H,19,22). The molecule has 0 radical (unpaired) electrons. The number of imide groups is 1. The molecule has 8 heteroatoms. The van der Waals surface area contributed by atoms with E-state index in [1.54, 1.807) is 0 Å². The predicted molar refractivity (Wildman–Crippen MR) is 68.8 cm³/mol. The number of carbonyl (C=O) groups excluding carboxylic acids is 2. The number of hydrogen-bond acceptors (Lipinski definition) is 3. The molecule has 1 saturated carbocycles. The van der Waals surface area contributed by atoms with Crippen LogP contribution in [0.15, 0.2) is 18.2 Å². The lowest BCUT2D eigenvalue weighted by molar-refractivity contribution is -0.137. The topological polar surface area (TPSA) is 73.2 Å². The molecule has 1 aliphatic heterocycles. The number of urea groups is 1. The molecule has 0 bridgehead atoms. The van der Waals surface area contributed by atoms with E-state index in [-0.39, 0.29) is 5.69 Å². The Bertz CT molecular complexity index is 717. The average Bonchev–Trinajstić information content (AvgIpc) is 2.68. The number of benzene rings is 1. The lowest BCUT2D eigenvalue weighted by Crippen LogP contribution is -2.52. The maximum absolute atomic E-state index is 13.0. The van der Waals surface area contributed by atoms with Crippen molar-refractivity contribution in [2.75, 3.05) is 4.90 Å². The number of rotatable bonds is 1. The Hall–Kier alpha value is -2.56. The highest BCUT2D eigenvalue weighted by Crippen LogP contribution is 2.40. The van der Waals surface area contributed by atoms with Gasteiger partial charge in [-0.15, -0.1) is 0 Å². The monoisotopic (exact) mass is 309 g/mol. The number of nitrogens with zero attached hydrogens (tertiary/aromatic N) is 2. The van der Waals surface area contributed by atoms with Crippen molar-refractivity contribution >= 4 is 17.6 Å². The molecule has 0 unspecified atom stereocenters. The summed E-state index contributed by atoms with van der Waals surface area (Å²) in [5, 5.41) is 11.3. The van der Waals surface area contributed by atoms with Gasteiger partial charge in [-0.25, -0.2) is 9.69 Å². The molecule has 22 heavy (non-hydrogen) atoms. The lowest BCUT2D eigenvalue weighted by Gasteiger charge is -2.34. The minimum Gasteiger partial charge on any atom is -0.323 e. The van der Waals surface area contributed by atoms with Crippen LogP contribution in [0.25, 0.3) is 0 Å². The molecule has 1 N–H and O–H groups in total. The number of nitriles is 1. The van der Waals surface area contributed by atoms with Gasteiger partial charge >= 0.3 is 12.2 Å². The number of amides is 3. The van der Waals surface area contributed by atoms with Gasteiger partial charge in [-0.1, -0.05) is 0 Å². The van der Waals surface area contributed by atoms with Crippen molar-refractivity contribution < 1.29 is 22.8 Å². The fourth-order valence-electron chi connectivity index (χ4n) is 2.73.